The van der Waals surface area contributed by atoms with Crippen molar-refractivity contribution in [3.05, 3.63) is 12.7 Å². The summed E-state index contributed by atoms with van der Waals surface area (Å²) < 4.78 is 7.69. The van der Waals surface area contributed by atoms with Gasteiger partial charge in [0.25, 0.3) is 0 Å². The van der Waals surface area contributed by atoms with E-state index in [1.165, 1.54) is 42.6 Å². The predicted molar refractivity (Wildman–Crippen MR) is 87.4 cm³/mol. The Labute approximate surface area is 122 Å². The molecule has 0 aromatic rings. The average Bonchev–Trinajstić information content (AvgIpc) is 2.29. The van der Waals surface area contributed by atoms with Crippen LogP contribution in [0.25, 0.3) is 0 Å². The molecule has 0 heterocycles. The van der Waals surface area contributed by atoms with Crippen molar-refractivity contribution in [3.63, 3.8) is 0 Å². The largest absolute Gasteiger partial charge is 0.414 e. The van der Waals surface area contributed by atoms with Crippen LogP contribution in [-0.2, 0) is 4.43 Å². The molecule has 3 heteroatoms. The Balaban J connectivity index is 2.39. The Morgan fingerprint density at radius 2 is 2.00 bits per heavy atom. The van der Waals surface area contributed by atoms with E-state index in [0.717, 1.165) is 12.3 Å². The number of hydrogen-bond donors (Lipinski definition) is 0. The van der Waals surface area contributed by atoms with Crippen LogP contribution in [-0.4, -0.2) is 18.8 Å². The summed E-state index contributed by atoms with van der Waals surface area (Å²) in [5, 5.41) is 0. The van der Waals surface area contributed by atoms with Crippen LogP contribution in [0.15, 0.2) is 12.7 Å². The summed E-state index contributed by atoms with van der Waals surface area (Å²) in [6.07, 6.45) is 10.5. The molecular weight excluding hydrogens is 339 g/mol. The highest BCUT2D eigenvalue weighted by Gasteiger charge is 2.30. The number of allylic oxidation sites excluding steroid dienone is 1. The van der Waals surface area contributed by atoms with Crippen LogP contribution >= 0.6 is 22.6 Å². The Bertz CT molecular complexity index is 224. The second kappa shape index (κ2) is 7.95. The van der Waals surface area contributed by atoms with Gasteiger partial charge in [0.05, 0.1) is 0 Å². The quantitative estimate of drug-likeness (QED) is 0.261. The normalized spacial score (nSPS) is 20.2. The highest BCUT2D eigenvalue weighted by atomic mass is 127. The molecule has 0 saturated heterocycles. The minimum atomic E-state index is -1.46. The molecule has 0 bridgehead atoms. The summed E-state index contributed by atoms with van der Waals surface area (Å²) in [5.41, 5.74) is 0. The van der Waals surface area contributed by atoms with Crippen molar-refractivity contribution >= 4 is 30.9 Å². The lowest BCUT2D eigenvalue weighted by molar-refractivity contribution is 0.144. The predicted octanol–water partition coefficient (Wildman–Crippen LogP) is 5.17. The zero-order chi connectivity index (χ0) is 12.7. The summed E-state index contributed by atoms with van der Waals surface area (Å²) >= 11 is 2.50. The van der Waals surface area contributed by atoms with Crippen molar-refractivity contribution in [1.29, 1.82) is 0 Å². The Kier molecular flexibility index (Phi) is 7.34. The molecule has 1 nitrogen and oxygen atoms in total. The lowest BCUT2D eigenvalue weighted by Crippen LogP contribution is -2.38. The summed E-state index contributed by atoms with van der Waals surface area (Å²) in [7, 11) is -1.46. The van der Waals surface area contributed by atoms with Gasteiger partial charge in [-0.25, -0.2) is 0 Å². The topological polar surface area (TPSA) is 9.23 Å². The monoisotopic (exact) mass is 366 g/mol. The van der Waals surface area contributed by atoms with E-state index >= 15 is 0 Å². The smallest absolute Gasteiger partial charge is 0.187 e. The molecule has 0 amide bonds. The average molecular weight is 366 g/mol. The molecule has 0 N–H and O–H groups in total. The molecule has 1 fully saturated rings. The van der Waals surface area contributed by atoms with E-state index in [4.69, 9.17) is 4.43 Å². The van der Waals surface area contributed by atoms with Crippen LogP contribution in [0.3, 0.4) is 0 Å². The third-order valence-electron chi connectivity index (χ3n) is 3.54. The fourth-order valence-corrected chi connectivity index (χ4v) is 7.01. The van der Waals surface area contributed by atoms with E-state index in [1.807, 2.05) is 0 Å². The Morgan fingerprint density at radius 1 is 1.35 bits per heavy atom. The van der Waals surface area contributed by atoms with E-state index in [9.17, 15) is 0 Å². The van der Waals surface area contributed by atoms with Crippen LogP contribution in [0.4, 0.5) is 0 Å². The van der Waals surface area contributed by atoms with Crippen molar-refractivity contribution in [2.75, 3.05) is 4.43 Å². The molecule has 17 heavy (non-hydrogen) atoms. The second-order valence-electron chi connectivity index (χ2n) is 5.89. The van der Waals surface area contributed by atoms with Gasteiger partial charge in [0.15, 0.2) is 8.32 Å². The summed E-state index contributed by atoms with van der Waals surface area (Å²) in [6.45, 7) is 8.65. The van der Waals surface area contributed by atoms with Crippen LogP contribution in [0, 0.1) is 5.92 Å². The van der Waals surface area contributed by atoms with Gasteiger partial charge < -0.3 is 4.43 Å². The van der Waals surface area contributed by atoms with Gasteiger partial charge in [-0.05, 0) is 44.3 Å². The van der Waals surface area contributed by atoms with Gasteiger partial charge in [-0.1, -0.05) is 47.9 Å². The molecule has 1 saturated carbocycles. The zero-order valence-corrected chi connectivity index (χ0v) is 14.5. The number of halogens is 1. The number of rotatable bonds is 7. The van der Waals surface area contributed by atoms with Crippen LogP contribution in [0.5, 0.6) is 0 Å². The molecular formula is C14H27IOSi. The van der Waals surface area contributed by atoms with Crippen LogP contribution < -0.4 is 0 Å². The van der Waals surface area contributed by atoms with Crippen LogP contribution in [0.1, 0.15) is 38.5 Å². The first-order valence-corrected chi connectivity index (χ1v) is 11.6. The first kappa shape index (κ1) is 15.7. The van der Waals surface area contributed by atoms with Crippen LogP contribution in [0.2, 0.25) is 19.1 Å². The lowest BCUT2D eigenvalue weighted by Gasteiger charge is -2.33. The maximum Gasteiger partial charge on any atom is 0.187 e. The van der Waals surface area contributed by atoms with Crippen molar-refractivity contribution in [2.45, 2.75) is 63.8 Å². The highest BCUT2D eigenvalue weighted by Crippen LogP contribution is 2.28. The molecule has 100 valence electrons. The number of hydrogen-bond acceptors (Lipinski definition) is 1. The third kappa shape index (κ3) is 6.39. The first-order chi connectivity index (χ1) is 8.07. The van der Waals surface area contributed by atoms with Crippen molar-refractivity contribution in [3.8, 4) is 0 Å². The fraction of sp³-hybridized carbons (Fsp3) is 0.857. The van der Waals surface area contributed by atoms with Gasteiger partial charge in [0, 0.05) is 10.5 Å². The molecule has 0 aromatic heterocycles. The lowest BCUT2D eigenvalue weighted by atomic mass is 9.98. The van der Waals surface area contributed by atoms with Gasteiger partial charge in [-0.3, -0.25) is 0 Å². The van der Waals surface area contributed by atoms with Crippen molar-refractivity contribution < 1.29 is 4.43 Å². The minimum Gasteiger partial charge on any atom is -0.414 e. The Hall–Kier alpha value is 0.647. The van der Waals surface area contributed by atoms with E-state index in [-0.39, 0.29) is 0 Å². The Morgan fingerprint density at radius 3 is 2.53 bits per heavy atom. The molecule has 1 rings (SSSR count). The van der Waals surface area contributed by atoms with E-state index in [0.29, 0.717) is 6.10 Å². The summed E-state index contributed by atoms with van der Waals surface area (Å²) in [5.74, 6) is 0.776. The summed E-state index contributed by atoms with van der Waals surface area (Å²) in [6, 6.07) is 1.29. The maximum atomic E-state index is 6.46. The number of alkyl halides is 1. The van der Waals surface area contributed by atoms with E-state index in [1.54, 1.807) is 0 Å². The molecule has 0 radical (unpaired) electrons. The van der Waals surface area contributed by atoms with E-state index < -0.39 is 8.32 Å². The molecule has 0 aromatic carbocycles. The zero-order valence-electron chi connectivity index (χ0n) is 11.4. The van der Waals surface area contributed by atoms with Gasteiger partial charge in [-0.15, -0.1) is 6.58 Å². The standard InChI is InChI=1S/C14H27IOSi/c1-4-8-13(11-15)12-17(2,3)16-14-9-6-5-7-10-14/h4,13-14H,1,5-12H2,2-3H3. The SMILES string of the molecule is C=CCC(CI)C[Si](C)(C)OC1CCCCC1. The van der Waals surface area contributed by atoms with Crippen molar-refractivity contribution in [1.82, 2.24) is 0 Å². The first-order valence-electron chi connectivity index (χ1n) is 6.92. The molecule has 0 spiro atoms. The van der Waals surface area contributed by atoms with Gasteiger partial charge in [-0.2, -0.15) is 0 Å². The van der Waals surface area contributed by atoms with Gasteiger partial charge in [0.1, 0.15) is 0 Å². The van der Waals surface area contributed by atoms with E-state index in [2.05, 4.69) is 48.3 Å². The minimum absolute atomic E-state index is 0.573. The molecule has 1 aliphatic rings. The van der Waals surface area contributed by atoms with Crippen molar-refractivity contribution in [2.24, 2.45) is 5.92 Å². The molecule has 1 atom stereocenters. The third-order valence-corrected chi connectivity index (χ3v) is 7.31. The summed E-state index contributed by atoms with van der Waals surface area (Å²) in [4.78, 5) is 0. The van der Waals surface area contributed by atoms with Gasteiger partial charge >= 0.3 is 0 Å². The fourth-order valence-electron chi connectivity index (χ4n) is 2.81. The molecule has 1 aliphatic carbocycles. The highest BCUT2D eigenvalue weighted by molar-refractivity contribution is 14.1. The van der Waals surface area contributed by atoms with Gasteiger partial charge in [0.2, 0.25) is 0 Å². The molecule has 1 unspecified atom stereocenters. The second-order valence-corrected chi connectivity index (χ2v) is 10.9. The molecule has 0 aliphatic heterocycles. The maximum absolute atomic E-state index is 6.46.